The highest BCUT2D eigenvalue weighted by Gasteiger charge is 2.25. The van der Waals surface area contributed by atoms with Gasteiger partial charge in [0, 0.05) is 13.1 Å². The van der Waals surface area contributed by atoms with Gasteiger partial charge in [0.15, 0.2) is 0 Å². The van der Waals surface area contributed by atoms with Crippen LogP contribution in [0.3, 0.4) is 0 Å². The van der Waals surface area contributed by atoms with Gasteiger partial charge in [-0.1, -0.05) is 6.42 Å². The van der Waals surface area contributed by atoms with Crippen LogP contribution in [0, 0.1) is 11.7 Å². The second-order valence-electron chi connectivity index (χ2n) is 5.00. The van der Waals surface area contributed by atoms with Gasteiger partial charge in [-0.15, -0.1) is 0 Å². The van der Waals surface area contributed by atoms with E-state index >= 15 is 0 Å². The van der Waals surface area contributed by atoms with Gasteiger partial charge in [0.1, 0.15) is 11.4 Å². The zero-order valence-electron chi connectivity index (χ0n) is 11.0. The van der Waals surface area contributed by atoms with Crippen molar-refractivity contribution in [2.45, 2.75) is 26.2 Å². The van der Waals surface area contributed by atoms with Gasteiger partial charge in [-0.2, -0.15) is 0 Å². The van der Waals surface area contributed by atoms with Gasteiger partial charge in [-0.05, 0) is 37.8 Å². The fraction of sp³-hybridized carbons (Fsp3) is 0.500. The monoisotopic (exact) mass is 266 g/mol. The van der Waals surface area contributed by atoms with E-state index in [0.717, 1.165) is 6.54 Å². The number of nitrogens with two attached hydrogens (primary N) is 1. The molecule has 1 aromatic carbocycles. The summed E-state index contributed by atoms with van der Waals surface area (Å²) in [4.78, 5) is 13.3. The molecule has 1 aliphatic carbocycles. The van der Waals surface area contributed by atoms with E-state index in [-0.39, 0.29) is 11.3 Å². The third-order valence-electron chi connectivity index (χ3n) is 3.81. The third kappa shape index (κ3) is 2.64. The van der Waals surface area contributed by atoms with Crippen molar-refractivity contribution in [3.05, 3.63) is 23.5 Å². The molecular weight excluding hydrogens is 247 g/mol. The van der Waals surface area contributed by atoms with Crippen LogP contribution >= 0.6 is 0 Å². The molecule has 1 saturated carbocycles. The van der Waals surface area contributed by atoms with Crippen LogP contribution in [0.4, 0.5) is 15.8 Å². The summed E-state index contributed by atoms with van der Waals surface area (Å²) in [6.45, 7) is 3.45. The first kappa shape index (κ1) is 13.6. The molecule has 2 rings (SSSR count). The van der Waals surface area contributed by atoms with Crippen molar-refractivity contribution in [2.24, 2.45) is 5.92 Å². The molecular formula is C14H19FN2O2. The van der Waals surface area contributed by atoms with Crippen molar-refractivity contribution in [1.82, 2.24) is 0 Å². The Morgan fingerprint density at radius 2 is 2.21 bits per heavy atom. The van der Waals surface area contributed by atoms with Crippen molar-refractivity contribution >= 4 is 17.3 Å². The molecule has 104 valence electrons. The summed E-state index contributed by atoms with van der Waals surface area (Å²) in [6.07, 6.45) is 3.59. The molecule has 0 aliphatic heterocycles. The number of carbonyl (C=O) groups is 1. The van der Waals surface area contributed by atoms with Gasteiger partial charge >= 0.3 is 5.97 Å². The fourth-order valence-corrected chi connectivity index (χ4v) is 2.46. The van der Waals surface area contributed by atoms with Gasteiger partial charge in [0.2, 0.25) is 0 Å². The van der Waals surface area contributed by atoms with Gasteiger partial charge < -0.3 is 15.7 Å². The largest absolute Gasteiger partial charge is 0.478 e. The second kappa shape index (κ2) is 5.47. The molecule has 0 aromatic heterocycles. The molecule has 19 heavy (non-hydrogen) atoms. The molecule has 0 bridgehead atoms. The van der Waals surface area contributed by atoms with E-state index in [4.69, 9.17) is 5.73 Å². The molecule has 1 aliphatic rings. The average molecular weight is 266 g/mol. The number of hydrogen-bond acceptors (Lipinski definition) is 3. The summed E-state index contributed by atoms with van der Waals surface area (Å²) in [5, 5.41) is 9.25. The Kier molecular flexibility index (Phi) is 3.93. The SMILES string of the molecule is CCN(CC1CCC1)c1ccc(F)c(N)c1C(=O)O. The molecule has 0 unspecified atom stereocenters. The number of nitrogens with zero attached hydrogens (tertiary/aromatic N) is 1. The average Bonchev–Trinajstić information content (AvgIpc) is 2.31. The number of nitrogen functional groups attached to an aromatic ring is 1. The van der Waals surface area contributed by atoms with Gasteiger partial charge in [0.05, 0.1) is 11.4 Å². The number of anilines is 2. The lowest BCUT2D eigenvalue weighted by molar-refractivity contribution is 0.0698. The van der Waals surface area contributed by atoms with Crippen LogP contribution in [0.15, 0.2) is 12.1 Å². The highest BCUT2D eigenvalue weighted by molar-refractivity contribution is 6.00. The van der Waals surface area contributed by atoms with E-state index < -0.39 is 11.8 Å². The van der Waals surface area contributed by atoms with Crippen LogP contribution in [-0.4, -0.2) is 24.2 Å². The lowest BCUT2D eigenvalue weighted by Crippen LogP contribution is -2.33. The van der Waals surface area contributed by atoms with E-state index in [2.05, 4.69) is 0 Å². The third-order valence-corrected chi connectivity index (χ3v) is 3.81. The molecule has 0 radical (unpaired) electrons. The summed E-state index contributed by atoms with van der Waals surface area (Å²) in [6, 6.07) is 2.75. The number of aromatic carboxylic acids is 1. The minimum Gasteiger partial charge on any atom is -0.478 e. The van der Waals surface area contributed by atoms with Crippen molar-refractivity contribution in [2.75, 3.05) is 23.7 Å². The predicted octanol–water partition coefficient (Wildman–Crippen LogP) is 2.73. The zero-order valence-corrected chi connectivity index (χ0v) is 11.0. The molecule has 0 saturated heterocycles. The van der Waals surface area contributed by atoms with Gasteiger partial charge in [-0.25, -0.2) is 9.18 Å². The summed E-state index contributed by atoms with van der Waals surface area (Å²) in [7, 11) is 0. The topological polar surface area (TPSA) is 66.6 Å². The highest BCUT2D eigenvalue weighted by atomic mass is 19.1. The minimum absolute atomic E-state index is 0.124. The first-order chi connectivity index (χ1) is 9.04. The molecule has 1 fully saturated rings. The molecule has 0 heterocycles. The lowest BCUT2D eigenvalue weighted by atomic mass is 9.85. The zero-order chi connectivity index (χ0) is 14.0. The van der Waals surface area contributed by atoms with Crippen LogP contribution in [0.1, 0.15) is 36.5 Å². The Labute approximate surface area is 112 Å². The lowest BCUT2D eigenvalue weighted by Gasteiger charge is -2.34. The van der Waals surface area contributed by atoms with E-state index in [1.54, 1.807) is 0 Å². The summed E-state index contributed by atoms with van der Waals surface area (Å²) in [5.74, 6) is -1.26. The van der Waals surface area contributed by atoms with Crippen LogP contribution in [-0.2, 0) is 0 Å². The smallest absolute Gasteiger partial charge is 0.340 e. The van der Waals surface area contributed by atoms with Gasteiger partial charge in [0.25, 0.3) is 0 Å². The van der Waals surface area contributed by atoms with Crippen LogP contribution in [0.2, 0.25) is 0 Å². The molecule has 4 nitrogen and oxygen atoms in total. The highest BCUT2D eigenvalue weighted by Crippen LogP contribution is 2.32. The Morgan fingerprint density at radius 3 is 2.68 bits per heavy atom. The van der Waals surface area contributed by atoms with Gasteiger partial charge in [-0.3, -0.25) is 0 Å². The Bertz CT molecular complexity index is 487. The molecule has 3 N–H and O–H groups in total. The van der Waals surface area contributed by atoms with Crippen LogP contribution in [0.25, 0.3) is 0 Å². The van der Waals surface area contributed by atoms with Crippen molar-refractivity contribution in [3.63, 3.8) is 0 Å². The normalized spacial score (nSPS) is 15.1. The molecule has 1 aromatic rings. The maximum absolute atomic E-state index is 13.4. The quantitative estimate of drug-likeness (QED) is 0.804. The number of benzene rings is 1. The van der Waals surface area contributed by atoms with Crippen molar-refractivity contribution in [3.8, 4) is 0 Å². The molecule has 5 heteroatoms. The number of carboxylic acids is 1. The summed E-state index contributed by atoms with van der Waals surface area (Å²) < 4.78 is 13.4. The van der Waals surface area contributed by atoms with Crippen molar-refractivity contribution < 1.29 is 14.3 Å². The van der Waals surface area contributed by atoms with E-state index in [9.17, 15) is 14.3 Å². The second-order valence-corrected chi connectivity index (χ2v) is 5.00. The van der Waals surface area contributed by atoms with E-state index in [1.807, 2.05) is 11.8 Å². The van der Waals surface area contributed by atoms with Crippen LogP contribution < -0.4 is 10.6 Å². The first-order valence-electron chi connectivity index (χ1n) is 6.60. The first-order valence-corrected chi connectivity index (χ1v) is 6.60. The number of rotatable bonds is 5. The standard InChI is InChI=1S/C14H19FN2O2/c1-2-17(8-9-4-3-5-9)11-7-6-10(15)13(16)12(11)14(18)19/h6-7,9H,2-5,8,16H2,1H3,(H,18,19). The fourth-order valence-electron chi connectivity index (χ4n) is 2.46. The Morgan fingerprint density at radius 1 is 1.53 bits per heavy atom. The summed E-state index contributed by atoms with van der Waals surface area (Å²) in [5.41, 5.74) is 5.68. The van der Waals surface area contributed by atoms with Crippen molar-refractivity contribution in [1.29, 1.82) is 0 Å². The number of hydrogen-bond donors (Lipinski definition) is 2. The molecule has 0 spiro atoms. The minimum atomic E-state index is -1.18. The summed E-state index contributed by atoms with van der Waals surface area (Å²) >= 11 is 0. The molecule has 0 amide bonds. The Hall–Kier alpha value is -1.78. The maximum atomic E-state index is 13.4. The maximum Gasteiger partial charge on any atom is 0.340 e. The molecule has 0 atom stereocenters. The van der Waals surface area contributed by atoms with E-state index in [1.165, 1.54) is 31.4 Å². The number of halogens is 1. The Balaban J connectivity index is 2.35. The number of carboxylic acid groups (broad SMARTS) is 1. The van der Waals surface area contributed by atoms with Crippen LogP contribution in [0.5, 0.6) is 0 Å². The van der Waals surface area contributed by atoms with E-state index in [0.29, 0.717) is 18.2 Å². The predicted molar refractivity (Wildman–Crippen MR) is 73.0 cm³/mol.